The first-order valence-corrected chi connectivity index (χ1v) is 13.6. The second-order valence-electron chi connectivity index (χ2n) is 6.40. The molecule has 0 saturated carbocycles. The minimum Gasteiger partial charge on any atom is -0.379 e. The summed E-state index contributed by atoms with van der Waals surface area (Å²) in [6.07, 6.45) is 4.19. The zero-order chi connectivity index (χ0) is 26.4. The van der Waals surface area contributed by atoms with E-state index < -0.39 is 51.3 Å². The van der Waals surface area contributed by atoms with Gasteiger partial charge >= 0.3 is 23.5 Å². The lowest BCUT2D eigenvalue weighted by atomic mass is 10.2. The highest BCUT2D eigenvalue weighted by Crippen LogP contribution is 2.66. The molecule has 5 N–H and O–H groups in total. The van der Waals surface area contributed by atoms with Gasteiger partial charge in [-0.25, -0.2) is 18.7 Å². The van der Waals surface area contributed by atoms with Crippen LogP contribution in [-0.4, -0.2) is 52.1 Å². The molecule has 0 spiro atoms. The molecule has 0 saturated heterocycles. The number of rotatable bonds is 14. The van der Waals surface area contributed by atoms with E-state index in [0.717, 1.165) is 6.07 Å². The van der Waals surface area contributed by atoms with Crippen LogP contribution in [0.5, 0.6) is 0 Å². The van der Waals surface area contributed by atoms with Gasteiger partial charge in [-0.1, -0.05) is 0 Å². The lowest BCUT2D eigenvalue weighted by Crippen LogP contribution is -2.08. The molecule has 0 bridgehead atoms. The zero-order valence-electron chi connectivity index (χ0n) is 17.2. The Morgan fingerprint density at radius 1 is 0.971 bits per heavy atom. The number of nitro groups is 2. The minimum atomic E-state index is -5.62. The number of phosphoric ester groups is 1. The smallest absolute Gasteiger partial charge is 0.379 e. The molecule has 2 unspecified atom stereocenters. The average Bonchev–Trinajstić information content (AvgIpc) is 3.21. The Kier molecular flexibility index (Phi) is 9.38. The van der Waals surface area contributed by atoms with Gasteiger partial charge in [-0.3, -0.25) is 24.8 Å². The molecule has 35 heavy (non-hydrogen) atoms. The van der Waals surface area contributed by atoms with Crippen LogP contribution in [0.2, 0.25) is 0 Å². The summed E-state index contributed by atoms with van der Waals surface area (Å²) < 4.78 is 46.3. The zero-order valence-corrected chi connectivity index (χ0v) is 19.9. The molecule has 0 fully saturated rings. The third-order valence-electron chi connectivity index (χ3n) is 3.83. The van der Waals surface area contributed by atoms with Crippen molar-refractivity contribution in [3.8, 4) is 5.69 Å². The normalized spacial score (nSPS) is 15.2. The van der Waals surface area contributed by atoms with Gasteiger partial charge in [0.2, 0.25) is 0 Å². The fourth-order valence-corrected chi connectivity index (χ4v) is 5.60. The van der Waals surface area contributed by atoms with Gasteiger partial charge in [0.05, 0.1) is 28.8 Å². The first-order chi connectivity index (χ1) is 16.1. The Morgan fingerprint density at radius 3 is 2.17 bits per heavy atom. The SMILES string of the molecule is O=[N+]([O-])c1cc([N+](=O)[O-])c(-n2ccnc2)cc1NCCCCOP(=O)(O)OP(=O)(O)OP(=O)(O)O. The van der Waals surface area contributed by atoms with Gasteiger partial charge < -0.3 is 29.5 Å². The molecule has 0 aliphatic rings. The quantitative estimate of drug-likeness (QED) is 0.0956. The van der Waals surface area contributed by atoms with Gasteiger partial charge in [-0.05, 0) is 18.9 Å². The molecule has 2 atom stereocenters. The summed E-state index contributed by atoms with van der Waals surface area (Å²) in [5.74, 6) is 0. The van der Waals surface area contributed by atoms with Crippen LogP contribution in [0.3, 0.4) is 0 Å². The maximum Gasteiger partial charge on any atom is 0.490 e. The van der Waals surface area contributed by atoms with E-state index in [1.165, 1.54) is 29.4 Å². The van der Waals surface area contributed by atoms with Gasteiger partial charge in [-0.2, -0.15) is 8.62 Å². The number of aromatic nitrogens is 2. The van der Waals surface area contributed by atoms with E-state index in [2.05, 4.69) is 23.4 Å². The van der Waals surface area contributed by atoms with Crippen LogP contribution >= 0.6 is 23.5 Å². The third kappa shape index (κ3) is 9.19. The first kappa shape index (κ1) is 28.7. The van der Waals surface area contributed by atoms with E-state index in [-0.39, 0.29) is 30.8 Å². The van der Waals surface area contributed by atoms with E-state index in [1.54, 1.807) is 0 Å². The Balaban J connectivity index is 1.97. The van der Waals surface area contributed by atoms with Crippen LogP contribution in [-0.2, 0) is 26.8 Å². The third-order valence-corrected chi connectivity index (χ3v) is 7.66. The van der Waals surface area contributed by atoms with Crippen molar-refractivity contribution in [1.29, 1.82) is 0 Å². The fraction of sp³-hybridized carbons (Fsp3) is 0.308. The largest absolute Gasteiger partial charge is 0.490 e. The highest BCUT2D eigenvalue weighted by Gasteiger charge is 2.40. The molecular weight excluding hydrogens is 543 g/mol. The van der Waals surface area contributed by atoms with Gasteiger partial charge in [0, 0.05) is 18.9 Å². The summed E-state index contributed by atoms with van der Waals surface area (Å²) in [5, 5.41) is 25.4. The van der Waals surface area contributed by atoms with E-state index in [4.69, 9.17) is 14.7 Å². The van der Waals surface area contributed by atoms with E-state index in [0.29, 0.717) is 0 Å². The predicted molar refractivity (Wildman–Crippen MR) is 114 cm³/mol. The molecule has 2 aromatic rings. The number of anilines is 1. The van der Waals surface area contributed by atoms with Crippen molar-refractivity contribution in [2.24, 2.45) is 0 Å². The van der Waals surface area contributed by atoms with Gasteiger partial charge in [-0.15, -0.1) is 0 Å². The molecule has 1 aromatic heterocycles. The van der Waals surface area contributed by atoms with Crippen molar-refractivity contribution < 1.29 is 56.3 Å². The maximum absolute atomic E-state index is 11.6. The van der Waals surface area contributed by atoms with E-state index in [9.17, 15) is 38.8 Å². The number of nitrogens with one attached hydrogen (secondary N) is 1. The number of hydrogen-bond donors (Lipinski definition) is 5. The first-order valence-electron chi connectivity index (χ1n) is 9.07. The predicted octanol–water partition coefficient (Wildman–Crippen LogP) is 2.22. The van der Waals surface area contributed by atoms with Crippen molar-refractivity contribution in [2.45, 2.75) is 12.8 Å². The molecule has 194 valence electrons. The fourth-order valence-electron chi connectivity index (χ4n) is 2.55. The summed E-state index contributed by atoms with van der Waals surface area (Å²) in [6, 6.07) is 1.97. The molecule has 0 aliphatic carbocycles. The second kappa shape index (κ2) is 11.5. The monoisotopic (exact) mass is 561 g/mol. The summed E-state index contributed by atoms with van der Waals surface area (Å²) in [4.78, 5) is 60.3. The Bertz CT molecular complexity index is 1210. The van der Waals surface area contributed by atoms with E-state index >= 15 is 0 Å². The molecule has 0 radical (unpaired) electrons. The number of imidazole rings is 1. The second-order valence-corrected chi connectivity index (χ2v) is 10.8. The van der Waals surface area contributed by atoms with Crippen LogP contribution in [0.15, 0.2) is 30.9 Å². The Hall–Kier alpha value is -2.56. The van der Waals surface area contributed by atoms with Crippen molar-refractivity contribution in [3.05, 3.63) is 51.1 Å². The van der Waals surface area contributed by atoms with Crippen LogP contribution in [0.25, 0.3) is 5.69 Å². The number of nitrogens with zero attached hydrogens (tertiary/aromatic N) is 4. The van der Waals surface area contributed by atoms with Gasteiger partial charge in [0.25, 0.3) is 11.4 Å². The standard InChI is InChI=1S/C13H18N5O14P3/c19-17(20)11-8-13(18(21)22)12(16-5-4-14-9-16)7-10(11)15-3-1-2-6-30-34(26,27)32-35(28,29)31-33(23,24)25/h4-5,7-9,15H,1-3,6H2,(H,26,27)(H,28,29)(H2,23,24,25). The molecule has 1 aromatic carbocycles. The number of phosphoric acid groups is 3. The summed E-state index contributed by atoms with van der Waals surface area (Å²) in [6.45, 7) is -0.504. The number of benzene rings is 1. The van der Waals surface area contributed by atoms with Crippen molar-refractivity contribution >= 4 is 40.5 Å². The molecule has 0 aliphatic heterocycles. The lowest BCUT2D eigenvalue weighted by molar-refractivity contribution is -0.393. The number of hydrogen-bond acceptors (Lipinski definition) is 12. The average molecular weight is 561 g/mol. The van der Waals surface area contributed by atoms with Crippen molar-refractivity contribution in [3.63, 3.8) is 0 Å². The summed E-state index contributed by atoms with van der Waals surface area (Å²) in [5.41, 5.74) is -1.16. The number of nitro benzene ring substituents is 2. The topological polar surface area (TPSA) is 276 Å². The molecule has 0 amide bonds. The van der Waals surface area contributed by atoms with Crippen molar-refractivity contribution in [1.82, 2.24) is 9.55 Å². The van der Waals surface area contributed by atoms with Crippen LogP contribution < -0.4 is 5.32 Å². The summed E-state index contributed by atoms with van der Waals surface area (Å²) in [7, 11) is -16.4. The van der Waals surface area contributed by atoms with Gasteiger partial charge in [0.1, 0.15) is 11.4 Å². The van der Waals surface area contributed by atoms with Crippen LogP contribution in [0, 0.1) is 20.2 Å². The molecule has 2 rings (SSSR count). The minimum absolute atomic E-state index is 0.00511. The van der Waals surface area contributed by atoms with Crippen LogP contribution in [0.4, 0.5) is 17.1 Å². The highest BCUT2D eigenvalue weighted by molar-refractivity contribution is 7.66. The molecule has 22 heteroatoms. The Morgan fingerprint density at radius 2 is 1.63 bits per heavy atom. The maximum atomic E-state index is 11.6. The Labute approximate surface area is 195 Å². The number of unbranched alkanes of at least 4 members (excludes halogenated alkanes) is 1. The highest BCUT2D eigenvalue weighted by atomic mass is 31.3. The van der Waals surface area contributed by atoms with Gasteiger partial charge in [0.15, 0.2) is 0 Å². The molecule has 1 heterocycles. The summed E-state index contributed by atoms with van der Waals surface area (Å²) >= 11 is 0. The molecular formula is C13H18N5O14P3. The van der Waals surface area contributed by atoms with Crippen LogP contribution in [0.1, 0.15) is 12.8 Å². The lowest BCUT2D eigenvalue weighted by Gasteiger charge is -2.16. The van der Waals surface area contributed by atoms with E-state index in [1.807, 2.05) is 0 Å². The van der Waals surface area contributed by atoms with Crippen molar-refractivity contribution in [2.75, 3.05) is 18.5 Å². The molecule has 19 nitrogen and oxygen atoms in total.